The fourth-order valence-electron chi connectivity index (χ4n) is 1.89. The summed E-state index contributed by atoms with van der Waals surface area (Å²) in [4.78, 5) is 11.6. The number of ketones is 1. The Balaban J connectivity index is 1.72. The van der Waals surface area contributed by atoms with Crippen LogP contribution < -0.4 is 5.32 Å². The third-order valence-electron chi connectivity index (χ3n) is 3.01. The van der Waals surface area contributed by atoms with Crippen molar-refractivity contribution < 1.29 is 4.79 Å². The zero-order valence-corrected chi connectivity index (χ0v) is 8.74. The average Bonchev–Trinajstić information content (AvgIpc) is 2.02. The molecule has 13 heavy (non-hydrogen) atoms. The first-order valence-corrected chi connectivity index (χ1v) is 6.35. The van der Waals surface area contributed by atoms with Crippen LogP contribution in [0, 0.1) is 5.92 Å². The van der Waals surface area contributed by atoms with E-state index in [-0.39, 0.29) is 0 Å². The van der Waals surface area contributed by atoms with E-state index in [1.165, 1.54) is 12.2 Å². The van der Waals surface area contributed by atoms with Crippen LogP contribution in [0.25, 0.3) is 0 Å². The highest BCUT2D eigenvalue weighted by Gasteiger charge is 2.27. The summed E-state index contributed by atoms with van der Waals surface area (Å²) in [6.45, 7) is 1.08. The van der Waals surface area contributed by atoms with Crippen molar-refractivity contribution in [2.24, 2.45) is 5.92 Å². The molecule has 1 heterocycles. The fraction of sp³-hybridized carbons (Fsp3) is 0.900. The topological polar surface area (TPSA) is 29.1 Å². The van der Waals surface area contributed by atoms with Crippen molar-refractivity contribution in [2.45, 2.75) is 31.7 Å². The van der Waals surface area contributed by atoms with Crippen molar-refractivity contribution in [1.29, 1.82) is 0 Å². The molecule has 1 saturated carbocycles. The second-order valence-electron chi connectivity index (χ2n) is 4.02. The van der Waals surface area contributed by atoms with E-state index in [0.29, 0.717) is 17.7 Å². The van der Waals surface area contributed by atoms with Crippen LogP contribution in [0.15, 0.2) is 0 Å². The molecule has 1 aliphatic carbocycles. The Morgan fingerprint density at radius 1 is 1.46 bits per heavy atom. The number of carbonyl (C=O) groups is 1. The van der Waals surface area contributed by atoms with Crippen molar-refractivity contribution in [3.8, 4) is 0 Å². The van der Waals surface area contributed by atoms with Gasteiger partial charge in [0.15, 0.2) is 0 Å². The van der Waals surface area contributed by atoms with Crippen molar-refractivity contribution in [2.75, 3.05) is 18.1 Å². The monoisotopic (exact) mass is 199 g/mol. The van der Waals surface area contributed by atoms with Crippen LogP contribution in [0.1, 0.15) is 25.7 Å². The summed E-state index contributed by atoms with van der Waals surface area (Å²) in [5.41, 5.74) is 0. The highest BCUT2D eigenvalue weighted by molar-refractivity contribution is 7.99. The summed E-state index contributed by atoms with van der Waals surface area (Å²) >= 11 is 1.97. The third-order valence-corrected chi connectivity index (χ3v) is 4.14. The Morgan fingerprint density at radius 2 is 2.31 bits per heavy atom. The number of Topliss-reactive ketones (excluding diaryl/α,β-unsaturated/α-hetero) is 1. The van der Waals surface area contributed by atoms with Crippen LogP contribution in [-0.2, 0) is 4.79 Å². The first-order valence-electron chi connectivity index (χ1n) is 5.20. The van der Waals surface area contributed by atoms with E-state index >= 15 is 0 Å². The van der Waals surface area contributed by atoms with Gasteiger partial charge in [-0.25, -0.2) is 0 Å². The molecule has 0 amide bonds. The third kappa shape index (κ3) is 2.47. The maximum absolute atomic E-state index is 11.6. The van der Waals surface area contributed by atoms with Crippen LogP contribution in [-0.4, -0.2) is 29.9 Å². The molecule has 1 saturated heterocycles. The van der Waals surface area contributed by atoms with Gasteiger partial charge in [-0.05, 0) is 12.8 Å². The molecule has 2 fully saturated rings. The molecule has 2 rings (SSSR count). The van der Waals surface area contributed by atoms with Gasteiger partial charge in [0.25, 0.3) is 0 Å². The van der Waals surface area contributed by atoms with Crippen molar-refractivity contribution in [3.63, 3.8) is 0 Å². The minimum Gasteiger partial charge on any atom is -0.312 e. The van der Waals surface area contributed by atoms with Gasteiger partial charge in [-0.3, -0.25) is 4.79 Å². The number of carbonyl (C=O) groups excluding carboxylic acids is 1. The molecule has 74 valence electrons. The second kappa shape index (κ2) is 4.47. The molecule has 2 nitrogen and oxygen atoms in total. The van der Waals surface area contributed by atoms with Gasteiger partial charge in [0, 0.05) is 36.4 Å². The molecule has 0 aromatic heterocycles. The molecule has 1 N–H and O–H groups in total. The normalized spacial score (nSPS) is 29.7. The lowest BCUT2D eigenvalue weighted by Gasteiger charge is -2.28. The summed E-state index contributed by atoms with van der Waals surface area (Å²) in [5.74, 6) is 3.26. The predicted octanol–water partition coefficient (Wildman–Crippen LogP) is 1.45. The lowest BCUT2D eigenvalue weighted by molar-refractivity contribution is -0.125. The van der Waals surface area contributed by atoms with Crippen molar-refractivity contribution in [3.05, 3.63) is 0 Å². The predicted molar refractivity (Wildman–Crippen MR) is 56.1 cm³/mol. The van der Waals surface area contributed by atoms with Crippen molar-refractivity contribution >= 4 is 17.5 Å². The number of nitrogens with one attached hydrogen (secondary N) is 1. The maximum atomic E-state index is 11.6. The largest absolute Gasteiger partial charge is 0.312 e. The molecule has 0 aromatic rings. The van der Waals surface area contributed by atoms with Gasteiger partial charge in [0.2, 0.25) is 0 Å². The summed E-state index contributed by atoms with van der Waals surface area (Å²) in [6, 6.07) is 0.465. The quantitative estimate of drug-likeness (QED) is 0.746. The summed E-state index contributed by atoms with van der Waals surface area (Å²) in [5, 5.41) is 3.41. The van der Waals surface area contributed by atoms with E-state index in [2.05, 4.69) is 5.32 Å². The SMILES string of the molecule is O=C(CC1CSCCN1)C1CCC1. The van der Waals surface area contributed by atoms with Crippen molar-refractivity contribution in [1.82, 2.24) is 5.32 Å². The lowest BCUT2D eigenvalue weighted by Crippen LogP contribution is -2.40. The maximum Gasteiger partial charge on any atom is 0.137 e. The van der Waals surface area contributed by atoms with E-state index < -0.39 is 0 Å². The Morgan fingerprint density at radius 3 is 2.85 bits per heavy atom. The molecule has 0 aromatic carbocycles. The van der Waals surface area contributed by atoms with Gasteiger partial charge in [0.05, 0.1) is 0 Å². The molecular weight excluding hydrogens is 182 g/mol. The Bertz CT molecular complexity index is 185. The highest BCUT2D eigenvalue weighted by atomic mass is 32.2. The molecule has 3 heteroatoms. The Labute approximate surface area is 83.8 Å². The van der Waals surface area contributed by atoms with Crippen LogP contribution in [0.4, 0.5) is 0 Å². The molecule has 1 atom stereocenters. The molecule has 0 radical (unpaired) electrons. The smallest absolute Gasteiger partial charge is 0.137 e. The van der Waals surface area contributed by atoms with E-state index in [9.17, 15) is 4.79 Å². The first-order chi connectivity index (χ1) is 6.36. The highest BCUT2D eigenvalue weighted by Crippen LogP contribution is 2.28. The summed E-state index contributed by atoms with van der Waals surface area (Å²) in [6.07, 6.45) is 4.35. The molecule has 2 aliphatic rings. The van der Waals surface area contributed by atoms with E-state index in [1.54, 1.807) is 0 Å². The van der Waals surface area contributed by atoms with E-state index in [4.69, 9.17) is 0 Å². The Kier molecular flexibility index (Phi) is 3.28. The Hall–Kier alpha value is -0.0200. The number of thioether (sulfide) groups is 1. The zero-order chi connectivity index (χ0) is 9.10. The van der Waals surface area contributed by atoms with Gasteiger partial charge in [-0.2, -0.15) is 11.8 Å². The average molecular weight is 199 g/mol. The summed E-state index contributed by atoms with van der Waals surface area (Å²) < 4.78 is 0. The number of hydrogen-bond acceptors (Lipinski definition) is 3. The first kappa shape index (κ1) is 9.53. The van der Waals surface area contributed by atoms with Crippen LogP contribution in [0.5, 0.6) is 0 Å². The number of rotatable bonds is 3. The molecule has 1 unspecified atom stereocenters. The molecule has 0 bridgehead atoms. The molecule has 0 spiro atoms. The number of hydrogen-bond donors (Lipinski definition) is 1. The van der Waals surface area contributed by atoms with E-state index in [1.807, 2.05) is 11.8 Å². The van der Waals surface area contributed by atoms with Crippen LogP contribution in [0.2, 0.25) is 0 Å². The fourth-order valence-corrected chi connectivity index (χ4v) is 2.84. The van der Waals surface area contributed by atoms with Gasteiger partial charge < -0.3 is 5.32 Å². The second-order valence-corrected chi connectivity index (χ2v) is 5.17. The molecular formula is C10H17NOS. The molecule has 1 aliphatic heterocycles. The van der Waals surface area contributed by atoms with Gasteiger partial charge in [-0.1, -0.05) is 6.42 Å². The van der Waals surface area contributed by atoms with Crippen LogP contribution >= 0.6 is 11.8 Å². The van der Waals surface area contributed by atoms with Gasteiger partial charge in [-0.15, -0.1) is 0 Å². The van der Waals surface area contributed by atoms with E-state index in [0.717, 1.165) is 31.6 Å². The zero-order valence-electron chi connectivity index (χ0n) is 7.92. The minimum atomic E-state index is 0.425. The standard InChI is InChI=1S/C10H17NOS/c12-10(8-2-1-3-8)6-9-7-13-5-4-11-9/h8-9,11H,1-7H2. The van der Waals surface area contributed by atoms with Gasteiger partial charge >= 0.3 is 0 Å². The summed E-state index contributed by atoms with van der Waals surface area (Å²) in [7, 11) is 0. The van der Waals surface area contributed by atoms with Crippen LogP contribution in [0.3, 0.4) is 0 Å². The van der Waals surface area contributed by atoms with Gasteiger partial charge in [0.1, 0.15) is 5.78 Å². The minimum absolute atomic E-state index is 0.425. The lowest BCUT2D eigenvalue weighted by atomic mass is 9.80.